The van der Waals surface area contributed by atoms with Crippen LogP contribution < -0.4 is 5.32 Å². The Kier molecular flexibility index (Phi) is 4.82. The number of likely N-dealkylation sites (N-methyl/N-ethyl adjacent to an activating group) is 1. The number of anilines is 1. The van der Waals surface area contributed by atoms with E-state index in [4.69, 9.17) is 0 Å². The van der Waals surface area contributed by atoms with Gasteiger partial charge in [-0.05, 0) is 50.9 Å². The number of rotatable bonds is 6. The number of pyridine rings is 1. The third-order valence-corrected chi connectivity index (χ3v) is 4.87. The Morgan fingerprint density at radius 3 is 2.87 bits per heavy atom. The molecule has 1 saturated carbocycles. The molecule has 1 aromatic heterocycles. The Labute approximate surface area is 137 Å². The van der Waals surface area contributed by atoms with Gasteiger partial charge in [-0.1, -0.05) is 0 Å². The smallest absolute Gasteiger partial charge is 0.339 e. The van der Waals surface area contributed by atoms with E-state index in [1.165, 1.54) is 6.42 Å². The SMILES string of the molecule is CN(C)CCN1CCc2c(cnc(NC3CCC3)c2C(=O)O)C1. The van der Waals surface area contributed by atoms with Crippen LogP contribution in [0.3, 0.4) is 0 Å². The molecule has 3 rings (SSSR count). The fourth-order valence-corrected chi connectivity index (χ4v) is 3.22. The number of fused-ring (bicyclic) bond motifs is 1. The first-order valence-electron chi connectivity index (χ1n) is 8.42. The van der Waals surface area contributed by atoms with Crippen molar-refractivity contribution in [3.63, 3.8) is 0 Å². The highest BCUT2D eigenvalue weighted by Gasteiger charge is 2.27. The van der Waals surface area contributed by atoms with Gasteiger partial charge in [-0.15, -0.1) is 0 Å². The van der Waals surface area contributed by atoms with Crippen molar-refractivity contribution < 1.29 is 9.90 Å². The zero-order chi connectivity index (χ0) is 16.4. The van der Waals surface area contributed by atoms with Crippen LogP contribution in [0.25, 0.3) is 0 Å². The van der Waals surface area contributed by atoms with Gasteiger partial charge in [0, 0.05) is 38.4 Å². The lowest BCUT2D eigenvalue weighted by Gasteiger charge is -2.32. The van der Waals surface area contributed by atoms with E-state index in [0.717, 1.165) is 56.6 Å². The molecular weight excluding hydrogens is 292 g/mol. The van der Waals surface area contributed by atoms with Crippen molar-refractivity contribution in [1.82, 2.24) is 14.8 Å². The van der Waals surface area contributed by atoms with Crippen molar-refractivity contribution in [2.24, 2.45) is 0 Å². The molecule has 0 saturated heterocycles. The molecule has 1 aliphatic heterocycles. The molecule has 1 fully saturated rings. The average molecular weight is 318 g/mol. The molecule has 0 radical (unpaired) electrons. The Hall–Kier alpha value is -1.66. The zero-order valence-corrected chi connectivity index (χ0v) is 14.0. The Balaban J connectivity index is 1.79. The van der Waals surface area contributed by atoms with E-state index in [9.17, 15) is 9.90 Å². The van der Waals surface area contributed by atoms with Crippen LogP contribution in [0.1, 0.15) is 40.7 Å². The summed E-state index contributed by atoms with van der Waals surface area (Å²) >= 11 is 0. The maximum Gasteiger partial charge on any atom is 0.339 e. The highest BCUT2D eigenvalue weighted by atomic mass is 16.4. The second-order valence-corrected chi connectivity index (χ2v) is 6.89. The van der Waals surface area contributed by atoms with Crippen LogP contribution >= 0.6 is 0 Å². The molecule has 23 heavy (non-hydrogen) atoms. The topological polar surface area (TPSA) is 68.7 Å². The number of nitrogens with zero attached hydrogens (tertiary/aromatic N) is 3. The molecule has 0 spiro atoms. The minimum atomic E-state index is -0.863. The van der Waals surface area contributed by atoms with Gasteiger partial charge >= 0.3 is 5.97 Å². The summed E-state index contributed by atoms with van der Waals surface area (Å²) < 4.78 is 0. The predicted octanol–water partition coefficient (Wildman–Crippen LogP) is 1.66. The standard InChI is InChI=1S/C17H26N4O2/c1-20(2)8-9-21-7-6-14-12(11-21)10-18-16(15(14)17(22)23)19-13-4-3-5-13/h10,13H,3-9,11H2,1-2H3,(H,18,19)(H,22,23). The van der Waals surface area contributed by atoms with Crippen LogP contribution in [0.15, 0.2) is 6.20 Å². The molecule has 6 heteroatoms. The maximum atomic E-state index is 11.8. The molecule has 0 atom stereocenters. The summed E-state index contributed by atoms with van der Waals surface area (Å²) in [5.41, 5.74) is 2.42. The molecule has 2 heterocycles. The fourth-order valence-electron chi connectivity index (χ4n) is 3.22. The molecule has 6 nitrogen and oxygen atoms in total. The van der Waals surface area contributed by atoms with Crippen LogP contribution in [0.4, 0.5) is 5.82 Å². The van der Waals surface area contributed by atoms with Gasteiger partial charge in [0.05, 0.1) is 0 Å². The first kappa shape index (κ1) is 16.2. The summed E-state index contributed by atoms with van der Waals surface area (Å²) in [6.07, 6.45) is 6.08. The first-order valence-corrected chi connectivity index (χ1v) is 8.42. The monoisotopic (exact) mass is 318 g/mol. The van der Waals surface area contributed by atoms with Gasteiger partial charge < -0.3 is 15.3 Å². The average Bonchev–Trinajstić information content (AvgIpc) is 2.47. The summed E-state index contributed by atoms with van der Waals surface area (Å²) in [5, 5.41) is 13.0. The Morgan fingerprint density at radius 2 is 2.26 bits per heavy atom. The molecule has 1 aromatic rings. The lowest BCUT2D eigenvalue weighted by Crippen LogP contribution is -2.37. The van der Waals surface area contributed by atoms with Crippen molar-refractivity contribution in [1.29, 1.82) is 0 Å². The van der Waals surface area contributed by atoms with Crippen LogP contribution in [0.5, 0.6) is 0 Å². The van der Waals surface area contributed by atoms with Crippen molar-refractivity contribution >= 4 is 11.8 Å². The molecule has 2 aliphatic rings. The molecule has 1 aliphatic carbocycles. The highest BCUT2D eigenvalue weighted by molar-refractivity contribution is 5.95. The summed E-state index contributed by atoms with van der Waals surface area (Å²) in [4.78, 5) is 20.8. The third kappa shape index (κ3) is 3.64. The second-order valence-electron chi connectivity index (χ2n) is 6.89. The predicted molar refractivity (Wildman–Crippen MR) is 90.0 cm³/mol. The van der Waals surface area contributed by atoms with E-state index >= 15 is 0 Å². The Bertz CT molecular complexity index is 584. The molecule has 0 bridgehead atoms. The summed E-state index contributed by atoms with van der Waals surface area (Å²) in [5.74, 6) is -0.305. The van der Waals surface area contributed by atoms with E-state index in [-0.39, 0.29) is 0 Å². The first-order chi connectivity index (χ1) is 11.0. The van der Waals surface area contributed by atoms with Crippen LogP contribution in [-0.4, -0.2) is 65.6 Å². The maximum absolute atomic E-state index is 11.8. The van der Waals surface area contributed by atoms with Gasteiger partial charge in [-0.25, -0.2) is 9.78 Å². The quantitative estimate of drug-likeness (QED) is 0.831. The molecule has 0 aromatic carbocycles. The van der Waals surface area contributed by atoms with E-state index < -0.39 is 5.97 Å². The number of aromatic carboxylic acids is 1. The number of carbonyl (C=O) groups is 1. The van der Waals surface area contributed by atoms with Crippen molar-refractivity contribution in [2.75, 3.05) is 39.0 Å². The van der Waals surface area contributed by atoms with Crippen LogP contribution in [0.2, 0.25) is 0 Å². The fraction of sp³-hybridized carbons (Fsp3) is 0.647. The minimum Gasteiger partial charge on any atom is -0.478 e. The number of hydrogen-bond acceptors (Lipinski definition) is 5. The summed E-state index contributed by atoms with van der Waals surface area (Å²) in [6, 6.07) is 0.388. The number of nitrogens with one attached hydrogen (secondary N) is 1. The number of hydrogen-bond donors (Lipinski definition) is 2. The molecule has 2 N–H and O–H groups in total. The van der Waals surface area contributed by atoms with Gasteiger partial charge in [0.15, 0.2) is 0 Å². The largest absolute Gasteiger partial charge is 0.478 e. The van der Waals surface area contributed by atoms with E-state index in [1.54, 1.807) is 0 Å². The molecule has 0 amide bonds. The lowest BCUT2D eigenvalue weighted by molar-refractivity contribution is 0.0695. The number of carboxylic acid groups (broad SMARTS) is 1. The normalized spacial score (nSPS) is 18.6. The van der Waals surface area contributed by atoms with Gasteiger partial charge in [-0.3, -0.25) is 4.90 Å². The van der Waals surface area contributed by atoms with Gasteiger partial charge in [0.1, 0.15) is 11.4 Å². The molecular formula is C17H26N4O2. The van der Waals surface area contributed by atoms with E-state index in [1.807, 2.05) is 6.20 Å². The van der Waals surface area contributed by atoms with Gasteiger partial charge in [-0.2, -0.15) is 0 Å². The van der Waals surface area contributed by atoms with Crippen LogP contribution in [-0.2, 0) is 13.0 Å². The van der Waals surface area contributed by atoms with E-state index in [2.05, 4.69) is 34.2 Å². The number of carboxylic acids is 1. The van der Waals surface area contributed by atoms with Gasteiger partial charge in [0.2, 0.25) is 0 Å². The Morgan fingerprint density at radius 1 is 1.48 bits per heavy atom. The zero-order valence-electron chi connectivity index (χ0n) is 14.0. The van der Waals surface area contributed by atoms with Crippen LogP contribution in [0, 0.1) is 0 Å². The summed E-state index contributed by atoms with van der Waals surface area (Å²) in [6.45, 7) is 3.71. The van der Waals surface area contributed by atoms with Crippen molar-refractivity contribution in [2.45, 2.75) is 38.3 Å². The van der Waals surface area contributed by atoms with Crippen molar-refractivity contribution in [3.05, 3.63) is 22.9 Å². The highest BCUT2D eigenvalue weighted by Crippen LogP contribution is 2.29. The van der Waals surface area contributed by atoms with Gasteiger partial charge in [0.25, 0.3) is 0 Å². The minimum absolute atomic E-state index is 0.388. The third-order valence-electron chi connectivity index (χ3n) is 4.87. The number of aromatic nitrogens is 1. The second kappa shape index (κ2) is 6.84. The molecule has 126 valence electrons. The lowest BCUT2D eigenvalue weighted by atomic mass is 9.92. The van der Waals surface area contributed by atoms with E-state index in [0.29, 0.717) is 17.4 Å². The summed E-state index contributed by atoms with van der Waals surface area (Å²) in [7, 11) is 4.14. The molecule has 0 unspecified atom stereocenters. The van der Waals surface area contributed by atoms with Crippen molar-refractivity contribution in [3.8, 4) is 0 Å².